The van der Waals surface area contributed by atoms with Crippen molar-refractivity contribution in [2.75, 3.05) is 26.2 Å². The van der Waals surface area contributed by atoms with Gasteiger partial charge in [0.15, 0.2) is 11.6 Å². The summed E-state index contributed by atoms with van der Waals surface area (Å²) in [5, 5.41) is 8.26. The lowest BCUT2D eigenvalue weighted by atomic mass is 10.2. The molecule has 3 aliphatic rings. The number of rotatable bonds is 6. The third kappa shape index (κ3) is 3.32. The molecule has 0 N–H and O–H groups in total. The van der Waals surface area contributed by atoms with Gasteiger partial charge in [-0.3, -0.25) is 9.80 Å². The summed E-state index contributed by atoms with van der Waals surface area (Å²) in [4.78, 5) is 13.9. The minimum atomic E-state index is 0.175. The quantitative estimate of drug-likeness (QED) is 0.787. The number of aromatic nitrogens is 4. The summed E-state index contributed by atoms with van der Waals surface area (Å²) in [6.45, 7) is 6.86. The van der Waals surface area contributed by atoms with Crippen LogP contribution in [0.15, 0.2) is 9.05 Å². The molecule has 3 fully saturated rings. The van der Waals surface area contributed by atoms with E-state index in [4.69, 9.17) is 9.05 Å². The third-order valence-corrected chi connectivity index (χ3v) is 5.49. The molecule has 25 heavy (non-hydrogen) atoms. The van der Waals surface area contributed by atoms with E-state index in [9.17, 15) is 0 Å². The molecule has 0 aromatic carbocycles. The van der Waals surface area contributed by atoms with E-state index in [1.165, 1.54) is 25.7 Å². The van der Waals surface area contributed by atoms with Gasteiger partial charge in [-0.15, -0.1) is 0 Å². The van der Waals surface area contributed by atoms with E-state index in [1.54, 1.807) is 0 Å². The van der Waals surface area contributed by atoms with Crippen LogP contribution < -0.4 is 0 Å². The fourth-order valence-corrected chi connectivity index (χ4v) is 3.42. The molecule has 0 amide bonds. The molecule has 1 saturated heterocycles. The SMILES string of the molecule is C[C@@H](c1nc(C2CC2)no1)N1CCN(Cc2noc(C3CC3)n2)CC1. The first-order chi connectivity index (χ1) is 12.3. The molecule has 5 rings (SSSR count). The van der Waals surface area contributed by atoms with Gasteiger partial charge in [-0.05, 0) is 32.6 Å². The van der Waals surface area contributed by atoms with Crippen LogP contribution in [0.5, 0.6) is 0 Å². The van der Waals surface area contributed by atoms with E-state index in [2.05, 4.69) is 37.0 Å². The average molecular weight is 344 g/mol. The van der Waals surface area contributed by atoms with Crippen molar-refractivity contribution in [3.05, 3.63) is 23.4 Å². The average Bonchev–Trinajstić information content (AvgIpc) is 3.57. The molecule has 0 spiro atoms. The lowest BCUT2D eigenvalue weighted by Gasteiger charge is -2.36. The van der Waals surface area contributed by atoms with Crippen molar-refractivity contribution in [3.63, 3.8) is 0 Å². The lowest BCUT2D eigenvalue weighted by molar-refractivity contribution is 0.0827. The molecular formula is C17H24N6O2. The van der Waals surface area contributed by atoms with E-state index in [-0.39, 0.29) is 6.04 Å². The van der Waals surface area contributed by atoms with Crippen molar-refractivity contribution in [1.82, 2.24) is 30.1 Å². The zero-order valence-corrected chi connectivity index (χ0v) is 14.6. The van der Waals surface area contributed by atoms with Gasteiger partial charge >= 0.3 is 0 Å². The standard InChI is InChI=1S/C17H24N6O2/c1-11(16-19-15(21-24-16)12-2-3-12)23-8-6-22(7-9-23)10-14-18-17(25-20-14)13-4-5-13/h11-13H,2-10H2,1H3/t11-/m0/s1. The Morgan fingerprint density at radius 1 is 0.960 bits per heavy atom. The Morgan fingerprint density at radius 3 is 2.44 bits per heavy atom. The van der Waals surface area contributed by atoms with Gasteiger partial charge in [0.25, 0.3) is 0 Å². The smallest absolute Gasteiger partial charge is 0.243 e. The van der Waals surface area contributed by atoms with Gasteiger partial charge < -0.3 is 9.05 Å². The van der Waals surface area contributed by atoms with E-state index in [0.29, 0.717) is 11.8 Å². The molecule has 2 aromatic heterocycles. The fourth-order valence-electron chi connectivity index (χ4n) is 3.42. The highest BCUT2D eigenvalue weighted by Gasteiger charge is 2.32. The van der Waals surface area contributed by atoms with E-state index in [1.807, 2.05) is 0 Å². The first kappa shape index (κ1) is 15.5. The van der Waals surface area contributed by atoms with Gasteiger partial charge in [0.1, 0.15) is 0 Å². The maximum absolute atomic E-state index is 5.49. The summed E-state index contributed by atoms with van der Waals surface area (Å²) in [7, 11) is 0. The Balaban J connectivity index is 1.14. The number of piperazine rings is 1. The number of hydrogen-bond acceptors (Lipinski definition) is 8. The Kier molecular flexibility index (Phi) is 3.82. The summed E-state index contributed by atoms with van der Waals surface area (Å²) in [6.07, 6.45) is 4.78. The lowest BCUT2D eigenvalue weighted by Crippen LogP contribution is -2.46. The third-order valence-electron chi connectivity index (χ3n) is 5.49. The molecule has 2 aliphatic carbocycles. The Hall–Kier alpha value is -1.80. The summed E-state index contributed by atoms with van der Waals surface area (Å²) in [5.41, 5.74) is 0. The maximum atomic E-state index is 5.49. The molecule has 3 heterocycles. The Morgan fingerprint density at radius 2 is 1.72 bits per heavy atom. The zero-order valence-electron chi connectivity index (χ0n) is 14.6. The van der Waals surface area contributed by atoms with Gasteiger partial charge in [0, 0.05) is 38.0 Å². The molecule has 1 atom stereocenters. The van der Waals surface area contributed by atoms with Crippen LogP contribution in [0.1, 0.15) is 73.9 Å². The number of nitrogens with zero attached hydrogens (tertiary/aromatic N) is 6. The van der Waals surface area contributed by atoms with Crippen molar-refractivity contribution < 1.29 is 9.05 Å². The minimum absolute atomic E-state index is 0.175. The van der Waals surface area contributed by atoms with Crippen LogP contribution in [-0.4, -0.2) is 56.3 Å². The summed E-state index contributed by atoms with van der Waals surface area (Å²) in [5.74, 6) is 4.34. The van der Waals surface area contributed by atoms with E-state index in [0.717, 1.165) is 56.2 Å². The van der Waals surface area contributed by atoms with Crippen LogP contribution in [0.2, 0.25) is 0 Å². The molecule has 0 bridgehead atoms. The molecule has 2 aromatic rings. The molecular weight excluding hydrogens is 320 g/mol. The predicted molar refractivity (Wildman–Crippen MR) is 87.8 cm³/mol. The Bertz CT molecular complexity index is 727. The van der Waals surface area contributed by atoms with Crippen molar-refractivity contribution in [2.45, 2.75) is 57.0 Å². The maximum Gasteiger partial charge on any atom is 0.243 e. The van der Waals surface area contributed by atoms with Gasteiger partial charge in [0.05, 0.1) is 12.6 Å². The van der Waals surface area contributed by atoms with Crippen molar-refractivity contribution in [3.8, 4) is 0 Å². The van der Waals surface area contributed by atoms with Gasteiger partial charge in [-0.2, -0.15) is 9.97 Å². The normalized spacial score (nSPS) is 23.9. The topological polar surface area (TPSA) is 84.3 Å². The summed E-state index contributed by atoms with van der Waals surface area (Å²) >= 11 is 0. The highest BCUT2D eigenvalue weighted by molar-refractivity contribution is 5.05. The molecule has 0 unspecified atom stereocenters. The highest BCUT2D eigenvalue weighted by atomic mass is 16.5. The van der Waals surface area contributed by atoms with Crippen molar-refractivity contribution >= 4 is 0 Å². The first-order valence-corrected chi connectivity index (χ1v) is 9.38. The largest absolute Gasteiger partial charge is 0.339 e. The first-order valence-electron chi connectivity index (χ1n) is 9.38. The minimum Gasteiger partial charge on any atom is -0.339 e. The van der Waals surface area contributed by atoms with Crippen molar-refractivity contribution in [2.24, 2.45) is 0 Å². The van der Waals surface area contributed by atoms with Crippen LogP contribution >= 0.6 is 0 Å². The van der Waals surface area contributed by atoms with E-state index < -0.39 is 0 Å². The summed E-state index contributed by atoms with van der Waals surface area (Å²) < 4.78 is 10.8. The van der Waals surface area contributed by atoms with Crippen LogP contribution in [-0.2, 0) is 6.54 Å². The monoisotopic (exact) mass is 344 g/mol. The van der Waals surface area contributed by atoms with Crippen LogP contribution in [0.25, 0.3) is 0 Å². The number of hydrogen-bond donors (Lipinski definition) is 0. The van der Waals surface area contributed by atoms with E-state index >= 15 is 0 Å². The van der Waals surface area contributed by atoms with Crippen LogP contribution in [0.3, 0.4) is 0 Å². The second kappa shape index (κ2) is 6.17. The molecule has 8 nitrogen and oxygen atoms in total. The summed E-state index contributed by atoms with van der Waals surface area (Å²) in [6, 6.07) is 0.175. The molecule has 134 valence electrons. The molecule has 2 saturated carbocycles. The molecule has 8 heteroatoms. The second-order valence-corrected chi connectivity index (χ2v) is 7.58. The van der Waals surface area contributed by atoms with Gasteiger partial charge in [-0.1, -0.05) is 10.3 Å². The highest BCUT2D eigenvalue weighted by Crippen LogP contribution is 2.39. The van der Waals surface area contributed by atoms with Crippen molar-refractivity contribution in [1.29, 1.82) is 0 Å². The van der Waals surface area contributed by atoms with Crippen LogP contribution in [0, 0.1) is 0 Å². The van der Waals surface area contributed by atoms with Gasteiger partial charge in [0.2, 0.25) is 11.8 Å². The Labute approximate surface area is 146 Å². The van der Waals surface area contributed by atoms with Crippen LogP contribution in [0.4, 0.5) is 0 Å². The zero-order chi connectivity index (χ0) is 16.8. The predicted octanol–water partition coefficient (Wildman–Crippen LogP) is 2.09. The molecule has 0 radical (unpaired) electrons. The second-order valence-electron chi connectivity index (χ2n) is 7.58. The fraction of sp³-hybridized carbons (Fsp3) is 0.765. The molecule has 1 aliphatic heterocycles. The van der Waals surface area contributed by atoms with Gasteiger partial charge in [-0.25, -0.2) is 0 Å².